The lowest BCUT2D eigenvalue weighted by Crippen LogP contribution is -2.49. The van der Waals surface area contributed by atoms with Gasteiger partial charge in [-0.2, -0.15) is 14.0 Å². The fraction of sp³-hybridized carbons (Fsp3) is 0.500. The Hall–Kier alpha value is -3.47. The maximum atomic E-state index is 17.3. The fourth-order valence-corrected chi connectivity index (χ4v) is 10.2. The highest BCUT2D eigenvalue weighted by Gasteiger charge is 2.62. The molecule has 272 valence electrons. The van der Waals surface area contributed by atoms with Gasteiger partial charge in [-0.1, -0.05) is 35.3 Å². The first kappa shape index (κ1) is 34.3. The quantitative estimate of drug-likeness (QED) is 0.167. The number of nitriles is 1. The van der Waals surface area contributed by atoms with Crippen LogP contribution in [0.25, 0.3) is 32.9 Å². The number of carbonyl (C=O) groups is 1. The lowest BCUT2D eigenvalue weighted by molar-refractivity contribution is -0.185. The molecule has 8 nitrogen and oxygen atoms in total. The van der Waals surface area contributed by atoms with Crippen LogP contribution in [0.1, 0.15) is 80.6 Å². The lowest BCUT2D eigenvalue weighted by Gasteiger charge is -2.43. The minimum atomic E-state index is -3.02. The number of hydrogen-bond donors (Lipinski definition) is 2. The Bertz CT molecular complexity index is 2190. The third-order valence-electron chi connectivity index (χ3n) is 12.2. The molecule has 52 heavy (non-hydrogen) atoms. The molecule has 1 amide bonds. The number of nitrogens with one attached hydrogen (secondary N) is 1. The molecular formula is C38H35Cl2F4N5O3. The van der Waals surface area contributed by atoms with E-state index in [1.54, 1.807) is 23.1 Å². The minimum Gasteiger partial charge on any atom is -0.387 e. The van der Waals surface area contributed by atoms with Crippen LogP contribution in [0.4, 0.5) is 17.6 Å². The normalized spacial score (nSPS) is 28.9. The van der Waals surface area contributed by atoms with Gasteiger partial charge in [-0.05, 0) is 75.1 Å². The largest absolute Gasteiger partial charge is 0.387 e. The molecule has 3 aliphatic carbocycles. The number of rotatable bonds is 9. The van der Waals surface area contributed by atoms with Crippen molar-refractivity contribution < 1.29 is 32.2 Å². The van der Waals surface area contributed by atoms with Crippen LogP contribution in [0.3, 0.4) is 0 Å². The van der Waals surface area contributed by atoms with E-state index in [0.717, 1.165) is 13.0 Å². The van der Waals surface area contributed by atoms with Crippen molar-refractivity contribution in [2.75, 3.05) is 6.54 Å². The van der Waals surface area contributed by atoms with E-state index >= 15 is 8.78 Å². The van der Waals surface area contributed by atoms with Crippen molar-refractivity contribution >= 4 is 50.9 Å². The first-order valence-electron chi connectivity index (χ1n) is 17.8. The van der Waals surface area contributed by atoms with Crippen molar-refractivity contribution in [3.63, 3.8) is 0 Å². The number of carbonyl (C=O) groups excluding carboxylic acids is 1. The number of likely N-dealkylation sites (tertiary alicyclic amines) is 1. The van der Waals surface area contributed by atoms with Crippen LogP contribution in [0.2, 0.25) is 10.0 Å². The maximum absolute atomic E-state index is 17.3. The molecule has 3 saturated carbocycles. The van der Waals surface area contributed by atoms with Crippen molar-refractivity contribution in [2.45, 2.75) is 101 Å². The zero-order valence-corrected chi connectivity index (χ0v) is 29.6. The molecule has 4 aromatic rings. The summed E-state index contributed by atoms with van der Waals surface area (Å²) in [6.45, 7) is -0.758. The molecule has 0 spiro atoms. The summed E-state index contributed by atoms with van der Waals surface area (Å²) in [5, 5.41) is 25.6. The van der Waals surface area contributed by atoms with Gasteiger partial charge in [0, 0.05) is 58.6 Å². The van der Waals surface area contributed by atoms with E-state index in [-0.39, 0.29) is 76.9 Å². The Morgan fingerprint density at radius 3 is 2.65 bits per heavy atom. The Kier molecular flexibility index (Phi) is 8.10. The van der Waals surface area contributed by atoms with Crippen LogP contribution in [-0.2, 0) is 16.0 Å². The summed E-state index contributed by atoms with van der Waals surface area (Å²) in [4.78, 5) is 20.3. The molecule has 6 fully saturated rings. The van der Waals surface area contributed by atoms with Gasteiger partial charge in [-0.25, -0.2) is 13.8 Å². The number of pyridine rings is 1. The van der Waals surface area contributed by atoms with Gasteiger partial charge < -0.3 is 24.6 Å². The number of benzene rings is 2. The molecule has 2 N–H and O–H groups in total. The monoisotopic (exact) mass is 755 g/mol. The van der Waals surface area contributed by atoms with E-state index < -0.39 is 54.2 Å². The highest BCUT2D eigenvalue weighted by Crippen LogP contribution is 2.58. The number of fused-ring (bicyclic) bond motifs is 6. The van der Waals surface area contributed by atoms with Gasteiger partial charge in [0.25, 0.3) is 5.91 Å². The van der Waals surface area contributed by atoms with Crippen LogP contribution in [0.5, 0.6) is 0 Å². The zero-order valence-electron chi connectivity index (χ0n) is 28.1. The summed E-state index contributed by atoms with van der Waals surface area (Å²) in [6.07, 6.45) is -0.0975. The standard InChI is InChI=1S/C38H35Cl2F4N5O3/c1-16(50)31-23-14-26(35-21-12-19(13-27(21)52-37(42)43)48(35)36(51)38(44)7-8-38)49(33-18-11-25(33)46-15-18)34(23)22-10-17(4-3-9-45)28(30(41)32(22)47-31)20-5-2-6-24(39)29(20)40/h2,5-6,10,14,16,18-19,21,25,27,33,35,37,46,50H,3-4,7-8,11-13,15H2,1H3. The number of halogens is 6. The topological polar surface area (TPSA) is 103 Å². The molecule has 6 aliphatic rings. The van der Waals surface area contributed by atoms with E-state index in [0.29, 0.717) is 39.5 Å². The number of piperidine rings is 1. The average Bonchev–Trinajstić information content (AvgIpc) is 3.66. The first-order chi connectivity index (χ1) is 24.9. The van der Waals surface area contributed by atoms with Crippen LogP contribution >= 0.6 is 23.2 Å². The molecule has 0 radical (unpaired) electrons. The minimum absolute atomic E-state index is 0.0267. The molecule has 3 aliphatic heterocycles. The number of ether oxygens (including phenoxy) is 1. The predicted octanol–water partition coefficient (Wildman–Crippen LogP) is 8.12. The highest BCUT2D eigenvalue weighted by atomic mass is 35.5. The second-order valence-corrected chi connectivity index (χ2v) is 15.9. The third-order valence-corrected chi connectivity index (χ3v) is 13.0. The van der Waals surface area contributed by atoms with E-state index in [1.165, 1.54) is 6.92 Å². The zero-order chi connectivity index (χ0) is 36.4. The Morgan fingerprint density at radius 2 is 2.00 bits per heavy atom. The van der Waals surface area contributed by atoms with Crippen LogP contribution in [0.15, 0.2) is 30.3 Å². The van der Waals surface area contributed by atoms with Gasteiger partial charge in [0.15, 0.2) is 11.5 Å². The number of hydrogen-bond acceptors (Lipinski definition) is 6. The summed E-state index contributed by atoms with van der Waals surface area (Å²) in [5.41, 5.74) is 0.332. The van der Waals surface area contributed by atoms with Crippen molar-refractivity contribution in [2.24, 2.45) is 11.8 Å². The number of nitrogens with zero attached hydrogens (tertiary/aromatic N) is 4. The summed E-state index contributed by atoms with van der Waals surface area (Å²) < 4.78 is 67.7. The van der Waals surface area contributed by atoms with E-state index in [9.17, 15) is 23.9 Å². The van der Waals surface area contributed by atoms with Crippen molar-refractivity contribution in [3.8, 4) is 17.2 Å². The van der Waals surface area contributed by atoms with Gasteiger partial charge in [-0.15, -0.1) is 0 Å². The Labute approximate surface area is 306 Å². The molecule has 2 aromatic heterocycles. The van der Waals surface area contributed by atoms with Gasteiger partial charge >= 0.3 is 6.61 Å². The summed E-state index contributed by atoms with van der Waals surface area (Å²) >= 11 is 13.0. The fourth-order valence-electron chi connectivity index (χ4n) is 9.76. The van der Waals surface area contributed by atoms with Gasteiger partial charge in [0.05, 0.1) is 51.6 Å². The van der Waals surface area contributed by atoms with E-state index in [1.807, 2.05) is 12.1 Å². The third kappa shape index (κ3) is 5.03. The average molecular weight is 757 g/mol. The first-order valence-corrected chi connectivity index (χ1v) is 18.5. The molecule has 14 heteroatoms. The predicted molar refractivity (Wildman–Crippen MR) is 186 cm³/mol. The summed E-state index contributed by atoms with van der Waals surface area (Å²) in [6, 6.07) is 9.28. The van der Waals surface area contributed by atoms with Gasteiger partial charge in [0.1, 0.15) is 5.52 Å². The van der Waals surface area contributed by atoms with Crippen molar-refractivity contribution in [3.05, 3.63) is 63.1 Å². The van der Waals surface area contributed by atoms with E-state index in [2.05, 4.69) is 16.0 Å². The molecule has 8 atom stereocenters. The van der Waals surface area contributed by atoms with Crippen LogP contribution < -0.4 is 5.32 Å². The molecule has 10 rings (SSSR count). The molecular weight excluding hydrogens is 721 g/mol. The molecule has 8 unspecified atom stereocenters. The second-order valence-electron chi connectivity index (χ2n) is 15.1. The summed E-state index contributed by atoms with van der Waals surface area (Å²) in [7, 11) is 0. The molecule has 5 heterocycles. The maximum Gasteiger partial charge on any atom is 0.345 e. The Balaban J connectivity index is 1.35. The molecule has 4 bridgehead atoms. The number of aliphatic hydroxyl groups is 1. The van der Waals surface area contributed by atoms with E-state index in [4.69, 9.17) is 32.9 Å². The molecule has 2 aromatic carbocycles. The lowest BCUT2D eigenvalue weighted by atomic mass is 9.79. The number of alkyl halides is 3. The van der Waals surface area contributed by atoms with Crippen LogP contribution in [-0.4, -0.2) is 62.5 Å². The van der Waals surface area contributed by atoms with Gasteiger partial charge in [-0.3, -0.25) is 4.79 Å². The highest BCUT2D eigenvalue weighted by molar-refractivity contribution is 6.43. The van der Waals surface area contributed by atoms with Crippen molar-refractivity contribution in [1.29, 1.82) is 5.26 Å². The second kappa shape index (κ2) is 12.3. The molecule has 3 saturated heterocycles. The Morgan fingerprint density at radius 1 is 1.21 bits per heavy atom. The number of amides is 1. The SMILES string of the molecule is CC(O)c1nc2c(F)c(-c3cccc(Cl)c3Cl)c(CCC#N)cc2c2c1cc(C1C3CC(CC3OC(F)F)N1C(=O)C1(F)CC1)n2C1C2CNC1C2. The van der Waals surface area contributed by atoms with Crippen molar-refractivity contribution in [1.82, 2.24) is 19.8 Å². The van der Waals surface area contributed by atoms with Gasteiger partial charge in [0.2, 0.25) is 0 Å². The summed E-state index contributed by atoms with van der Waals surface area (Å²) in [5.74, 6) is -1.71. The number of aromatic nitrogens is 2. The number of aliphatic hydroxyl groups excluding tert-OH is 1. The smallest absolute Gasteiger partial charge is 0.345 e. The number of aryl methyl sites for hydroxylation is 1. The van der Waals surface area contributed by atoms with Crippen LogP contribution in [0, 0.1) is 29.0 Å².